The van der Waals surface area contributed by atoms with Gasteiger partial charge in [0.2, 0.25) is 5.91 Å². The molecule has 1 N–H and O–H groups in total. The second-order valence-electron chi connectivity index (χ2n) is 6.46. The first-order valence-electron chi connectivity index (χ1n) is 7.81. The van der Waals surface area contributed by atoms with Crippen LogP contribution in [-0.2, 0) is 4.79 Å². The highest BCUT2D eigenvalue weighted by atomic mass is 16.2. The van der Waals surface area contributed by atoms with Crippen LogP contribution in [0.3, 0.4) is 0 Å². The molecule has 4 heteroatoms. The van der Waals surface area contributed by atoms with Crippen molar-refractivity contribution in [2.24, 2.45) is 5.92 Å². The van der Waals surface area contributed by atoms with E-state index < -0.39 is 0 Å². The first-order chi connectivity index (χ1) is 9.05. The number of piperazine rings is 1. The molecular weight excluding hydrogens is 238 g/mol. The van der Waals surface area contributed by atoms with Crippen LogP contribution in [0.25, 0.3) is 0 Å². The van der Waals surface area contributed by atoms with Gasteiger partial charge < -0.3 is 10.2 Å². The van der Waals surface area contributed by atoms with Gasteiger partial charge in [0.1, 0.15) is 0 Å². The van der Waals surface area contributed by atoms with Gasteiger partial charge in [0.15, 0.2) is 0 Å². The number of piperidine rings is 1. The smallest absolute Gasteiger partial charge is 0.242 e. The molecule has 0 spiro atoms. The molecule has 2 heterocycles. The number of likely N-dealkylation sites (tertiary alicyclic amines) is 1. The van der Waals surface area contributed by atoms with E-state index in [0.29, 0.717) is 11.8 Å². The maximum absolute atomic E-state index is 12.8. The lowest BCUT2D eigenvalue weighted by Gasteiger charge is -2.44. The molecule has 1 unspecified atom stereocenters. The molecule has 2 saturated heterocycles. The zero-order chi connectivity index (χ0) is 13.9. The Morgan fingerprint density at radius 3 is 2.58 bits per heavy atom. The van der Waals surface area contributed by atoms with Crippen molar-refractivity contribution in [2.75, 3.05) is 39.3 Å². The van der Waals surface area contributed by atoms with Gasteiger partial charge in [-0.25, -0.2) is 0 Å². The fraction of sp³-hybridized carbons (Fsp3) is 0.933. The summed E-state index contributed by atoms with van der Waals surface area (Å²) in [6.45, 7) is 12.3. The largest absolute Gasteiger partial charge is 0.341 e. The Hall–Kier alpha value is -0.610. The number of carbonyl (C=O) groups is 1. The summed E-state index contributed by atoms with van der Waals surface area (Å²) in [5.74, 6) is 1.03. The quantitative estimate of drug-likeness (QED) is 0.838. The number of carbonyl (C=O) groups excluding carboxylic acids is 1. The first kappa shape index (κ1) is 14.8. The van der Waals surface area contributed by atoms with Crippen LogP contribution in [0.1, 0.15) is 40.0 Å². The third-order valence-corrected chi connectivity index (χ3v) is 4.81. The highest BCUT2D eigenvalue weighted by Gasteiger charge is 2.39. The molecule has 0 bridgehead atoms. The number of nitrogens with one attached hydrogen (secondary N) is 1. The zero-order valence-electron chi connectivity index (χ0n) is 12.7. The molecule has 19 heavy (non-hydrogen) atoms. The second kappa shape index (κ2) is 6.23. The average molecular weight is 267 g/mol. The Bertz CT molecular complexity index is 311. The third kappa shape index (κ3) is 3.29. The molecule has 0 aromatic rings. The normalized spacial score (nSPS) is 26.5. The van der Waals surface area contributed by atoms with Crippen LogP contribution in [0.15, 0.2) is 0 Å². The standard InChI is InChI=1S/C15H29N3O/c1-4-13-6-5-9-17(12-13)14(19)15(2,3)18-10-7-16-8-11-18/h13,16H,4-12H2,1-3H3. The van der Waals surface area contributed by atoms with Crippen molar-refractivity contribution in [3.05, 3.63) is 0 Å². The summed E-state index contributed by atoms with van der Waals surface area (Å²) in [4.78, 5) is 17.3. The van der Waals surface area contributed by atoms with Crippen LogP contribution in [0.5, 0.6) is 0 Å². The van der Waals surface area contributed by atoms with E-state index in [-0.39, 0.29) is 5.54 Å². The average Bonchev–Trinajstić information content (AvgIpc) is 2.47. The summed E-state index contributed by atoms with van der Waals surface area (Å²) in [6, 6.07) is 0. The Labute approximate surface area is 117 Å². The lowest BCUT2D eigenvalue weighted by atomic mass is 9.92. The van der Waals surface area contributed by atoms with Gasteiger partial charge in [-0.3, -0.25) is 9.69 Å². The van der Waals surface area contributed by atoms with E-state index >= 15 is 0 Å². The molecule has 2 aliphatic heterocycles. The Morgan fingerprint density at radius 1 is 1.26 bits per heavy atom. The van der Waals surface area contributed by atoms with E-state index in [1.807, 2.05) is 0 Å². The topological polar surface area (TPSA) is 35.6 Å². The van der Waals surface area contributed by atoms with Crippen molar-refractivity contribution in [3.63, 3.8) is 0 Å². The molecule has 2 fully saturated rings. The molecule has 0 saturated carbocycles. The monoisotopic (exact) mass is 267 g/mol. The molecule has 1 atom stereocenters. The van der Waals surface area contributed by atoms with E-state index in [1.165, 1.54) is 19.3 Å². The molecule has 1 amide bonds. The van der Waals surface area contributed by atoms with Gasteiger partial charge in [-0.1, -0.05) is 13.3 Å². The maximum Gasteiger partial charge on any atom is 0.242 e. The lowest BCUT2D eigenvalue weighted by molar-refractivity contribution is -0.145. The van der Waals surface area contributed by atoms with Crippen molar-refractivity contribution in [1.29, 1.82) is 0 Å². The number of amides is 1. The molecule has 2 aliphatic rings. The summed E-state index contributed by atoms with van der Waals surface area (Å²) in [5, 5.41) is 3.35. The van der Waals surface area contributed by atoms with Crippen molar-refractivity contribution >= 4 is 5.91 Å². The summed E-state index contributed by atoms with van der Waals surface area (Å²) in [6.07, 6.45) is 3.65. The van der Waals surface area contributed by atoms with Crippen LogP contribution in [0.2, 0.25) is 0 Å². The number of hydrogen-bond donors (Lipinski definition) is 1. The van der Waals surface area contributed by atoms with E-state index in [1.54, 1.807) is 0 Å². The molecule has 2 rings (SSSR count). The zero-order valence-corrected chi connectivity index (χ0v) is 12.7. The first-order valence-corrected chi connectivity index (χ1v) is 7.81. The lowest BCUT2D eigenvalue weighted by Crippen LogP contribution is -2.61. The minimum Gasteiger partial charge on any atom is -0.341 e. The molecule has 0 aliphatic carbocycles. The molecule has 0 aromatic heterocycles. The maximum atomic E-state index is 12.8. The highest BCUT2D eigenvalue weighted by Crippen LogP contribution is 2.24. The predicted octanol–water partition coefficient (Wildman–Crippen LogP) is 1.32. The van der Waals surface area contributed by atoms with Crippen molar-refractivity contribution < 1.29 is 4.79 Å². The summed E-state index contributed by atoms with van der Waals surface area (Å²) in [7, 11) is 0. The highest BCUT2D eigenvalue weighted by molar-refractivity contribution is 5.85. The van der Waals surface area contributed by atoms with E-state index in [2.05, 4.69) is 35.9 Å². The second-order valence-corrected chi connectivity index (χ2v) is 6.46. The van der Waals surface area contributed by atoms with Crippen molar-refractivity contribution in [1.82, 2.24) is 15.1 Å². The van der Waals surface area contributed by atoms with Crippen LogP contribution >= 0.6 is 0 Å². The minimum atomic E-state index is -0.349. The summed E-state index contributed by atoms with van der Waals surface area (Å²) < 4.78 is 0. The number of rotatable bonds is 3. The van der Waals surface area contributed by atoms with Gasteiger partial charge in [0.05, 0.1) is 5.54 Å². The third-order valence-electron chi connectivity index (χ3n) is 4.81. The molecule has 0 radical (unpaired) electrons. The van der Waals surface area contributed by atoms with Crippen molar-refractivity contribution in [2.45, 2.75) is 45.6 Å². The summed E-state index contributed by atoms with van der Waals surface area (Å²) in [5.41, 5.74) is -0.349. The van der Waals surface area contributed by atoms with E-state index in [4.69, 9.17) is 0 Å². The van der Waals surface area contributed by atoms with Gasteiger partial charge >= 0.3 is 0 Å². The van der Waals surface area contributed by atoms with Gasteiger partial charge in [-0.05, 0) is 32.6 Å². The van der Waals surface area contributed by atoms with Crippen LogP contribution < -0.4 is 5.32 Å². The molecule has 4 nitrogen and oxygen atoms in total. The number of hydrogen-bond acceptors (Lipinski definition) is 3. The number of nitrogens with zero attached hydrogens (tertiary/aromatic N) is 2. The predicted molar refractivity (Wildman–Crippen MR) is 78.1 cm³/mol. The van der Waals surface area contributed by atoms with Crippen molar-refractivity contribution in [3.8, 4) is 0 Å². The van der Waals surface area contributed by atoms with Crippen LogP contribution in [0.4, 0.5) is 0 Å². The molecule has 110 valence electrons. The fourth-order valence-corrected chi connectivity index (χ4v) is 3.33. The Morgan fingerprint density at radius 2 is 1.95 bits per heavy atom. The molecular formula is C15H29N3O. The SMILES string of the molecule is CCC1CCCN(C(=O)C(C)(C)N2CCNCC2)C1. The van der Waals surface area contributed by atoms with Crippen LogP contribution in [-0.4, -0.2) is 60.5 Å². The van der Waals surface area contributed by atoms with Crippen LogP contribution in [0, 0.1) is 5.92 Å². The van der Waals surface area contributed by atoms with E-state index in [9.17, 15) is 4.79 Å². The summed E-state index contributed by atoms with van der Waals surface area (Å²) >= 11 is 0. The van der Waals surface area contributed by atoms with Gasteiger partial charge in [0.25, 0.3) is 0 Å². The Kier molecular flexibility index (Phi) is 4.85. The Balaban J connectivity index is 2.00. The van der Waals surface area contributed by atoms with Gasteiger partial charge in [-0.2, -0.15) is 0 Å². The van der Waals surface area contributed by atoms with Gasteiger partial charge in [-0.15, -0.1) is 0 Å². The van der Waals surface area contributed by atoms with Gasteiger partial charge in [0, 0.05) is 39.3 Å². The molecule has 0 aromatic carbocycles. The fourth-order valence-electron chi connectivity index (χ4n) is 3.33. The van der Waals surface area contributed by atoms with E-state index in [0.717, 1.165) is 39.3 Å². The minimum absolute atomic E-state index is 0.326.